The number of thioether (sulfide) groups is 1. The summed E-state index contributed by atoms with van der Waals surface area (Å²) in [5, 5.41) is 3.64. The average molecular weight is 211 g/mol. The van der Waals surface area contributed by atoms with Crippen LogP contribution < -0.4 is 5.32 Å². The van der Waals surface area contributed by atoms with E-state index in [1.54, 1.807) is 0 Å². The maximum absolute atomic E-state index is 11.2. The molecule has 1 saturated carbocycles. The molecule has 0 atom stereocenters. The van der Waals surface area contributed by atoms with Gasteiger partial charge in [-0.25, -0.2) is 0 Å². The van der Waals surface area contributed by atoms with Gasteiger partial charge in [0.2, 0.25) is 5.91 Å². The lowest BCUT2D eigenvalue weighted by Crippen LogP contribution is -2.16. The number of carbonyl (C=O) groups is 1. The standard InChI is InChI=1S/C11H17NOS/c1-8-10(7-12-11(8)13)14-9-5-3-2-4-6-9/h9H,2-7H2,1H3,(H,12,13). The molecule has 0 bridgehead atoms. The summed E-state index contributed by atoms with van der Waals surface area (Å²) < 4.78 is 0. The predicted octanol–water partition coefficient (Wildman–Crippen LogP) is 2.46. The lowest BCUT2D eigenvalue weighted by molar-refractivity contribution is -0.116. The summed E-state index contributed by atoms with van der Waals surface area (Å²) >= 11 is 1.94. The Kier molecular flexibility index (Phi) is 3.16. The average Bonchev–Trinajstić information content (AvgIpc) is 2.52. The Bertz CT molecular complexity index is 266. The second-order valence-corrected chi connectivity index (χ2v) is 5.50. The van der Waals surface area contributed by atoms with E-state index in [9.17, 15) is 4.79 Å². The summed E-state index contributed by atoms with van der Waals surface area (Å²) in [6, 6.07) is 0. The minimum Gasteiger partial charge on any atom is -0.348 e. The van der Waals surface area contributed by atoms with Gasteiger partial charge in [0.15, 0.2) is 0 Å². The van der Waals surface area contributed by atoms with Crippen LogP contribution in [0.5, 0.6) is 0 Å². The van der Waals surface area contributed by atoms with Crippen LogP contribution in [0, 0.1) is 0 Å². The van der Waals surface area contributed by atoms with E-state index in [0.717, 1.165) is 17.4 Å². The number of nitrogens with one attached hydrogen (secondary N) is 1. The van der Waals surface area contributed by atoms with Crippen molar-refractivity contribution in [1.29, 1.82) is 0 Å². The summed E-state index contributed by atoms with van der Waals surface area (Å²) in [4.78, 5) is 12.5. The summed E-state index contributed by atoms with van der Waals surface area (Å²) in [5.74, 6) is 0.128. The zero-order valence-electron chi connectivity index (χ0n) is 8.64. The molecular formula is C11H17NOS. The molecule has 1 amide bonds. The molecule has 1 fully saturated rings. The van der Waals surface area contributed by atoms with Crippen LogP contribution in [0.3, 0.4) is 0 Å². The smallest absolute Gasteiger partial charge is 0.248 e. The van der Waals surface area contributed by atoms with Gasteiger partial charge in [-0.15, -0.1) is 11.8 Å². The molecule has 0 radical (unpaired) electrons. The molecule has 1 aliphatic heterocycles. The largest absolute Gasteiger partial charge is 0.348 e. The van der Waals surface area contributed by atoms with E-state index >= 15 is 0 Å². The molecule has 1 N–H and O–H groups in total. The molecule has 0 spiro atoms. The van der Waals surface area contributed by atoms with E-state index in [1.807, 2.05) is 18.7 Å². The van der Waals surface area contributed by atoms with Gasteiger partial charge >= 0.3 is 0 Å². The van der Waals surface area contributed by atoms with Gasteiger partial charge < -0.3 is 5.32 Å². The summed E-state index contributed by atoms with van der Waals surface area (Å²) in [6.45, 7) is 2.71. The highest BCUT2D eigenvalue weighted by Crippen LogP contribution is 2.35. The lowest BCUT2D eigenvalue weighted by atomic mass is 10.0. The van der Waals surface area contributed by atoms with Crippen molar-refractivity contribution < 1.29 is 4.79 Å². The molecule has 78 valence electrons. The quantitative estimate of drug-likeness (QED) is 0.760. The molecular weight excluding hydrogens is 194 g/mol. The van der Waals surface area contributed by atoms with Crippen molar-refractivity contribution in [2.24, 2.45) is 0 Å². The fraction of sp³-hybridized carbons (Fsp3) is 0.727. The van der Waals surface area contributed by atoms with Gasteiger partial charge in [-0.05, 0) is 19.8 Å². The van der Waals surface area contributed by atoms with Crippen molar-refractivity contribution >= 4 is 17.7 Å². The Morgan fingerprint density at radius 2 is 2.00 bits per heavy atom. The van der Waals surface area contributed by atoms with Gasteiger partial charge in [0.05, 0.1) is 0 Å². The molecule has 0 aromatic heterocycles. The summed E-state index contributed by atoms with van der Waals surface area (Å²) in [5.41, 5.74) is 0.945. The molecule has 1 heterocycles. The van der Waals surface area contributed by atoms with Crippen LogP contribution in [0.25, 0.3) is 0 Å². The Morgan fingerprint density at radius 1 is 1.29 bits per heavy atom. The molecule has 0 aromatic carbocycles. The first kappa shape index (κ1) is 10.1. The molecule has 0 unspecified atom stereocenters. The number of amides is 1. The van der Waals surface area contributed by atoms with E-state index in [2.05, 4.69) is 5.32 Å². The highest BCUT2D eigenvalue weighted by molar-refractivity contribution is 8.03. The minimum atomic E-state index is 0.128. The highest BCUT2D eigenvalue weighted by Gasteiger charge is 2.22. The molecule has 3 heteroatoms. The van der Waals surface area contributed by atoms with Crippen LogP contribution in [-0.2, 0) is 4.79 Å². The van der Waals surface area contributed by atoms with E-state index in [1.165, 1.54) is 37.0 Å². The van der Waals surface area contributed by atoms with E-state index in [4.69, 9.17) is 0 Å². The second kappa shape index (κ2) is 4.39. The zero-order valence-corrected chi connectivity index (χ0v) is 9.45. The van der Waals surface area contributed by atoms with Crippen molar-refractivity contribution in [1.82, 2.24) is 5.32 Å². The van der Waals surface area contributed by atoms with Gasteiger partial charge in [0, 0.05) is 22.3 Å². The van der Waals surface area contributed by atoms with Crippen LogP contribution in [-0.4, -0.2) is 17.7 Å². The van der Waals surface area contributed by atoms with Gasteiger partial charge in [-0.1, -0.05) is 19.3 Å². The topological polar surface area (TPSA) is 29.1 Å². The second-order valence-electron chi connectivity index (χ2n) is 4.11. The number of hydrogen-bond acceptors (Lipinski definition) is 2. The third-order valence-corrected chi connectivity index (χ3v) is 4.57. The first-order chi connectivity index (χ1) is 6.77. The lowest BCUT2D eigenvalue weighted by Gasteiger charge is -2.21. The Labute approximate surface area is 89.5 Å². The number of hydrogen-bond donors (Lipinski definition) is 1. The highest BCUT2D eigenvalue weighted by atomic mass is 32.2. The fourth-order valence-electron chi connectivity index (χ4n) is 2.07. The van der Waals surface area contributed by atoms with E-state index < -0.39 is 0 Å². The van der Waals surface area contributed by atoms with Crippen molar-refractivity contribution in [3.8, 4) is 0 Å². The maximum atomic E-state index is 11.2. The third kappa shape index (κ3) is 2.14. The van der Waals surface area contributed by atoms with Crippen LogP contribution >= 0.6 is 11.8 Å². The monoisotopic (exact) mass is 211 g/mol. The van der Waals surface area contributed by atoms with Gasteiger partial charge in [0.25, 0.3) is 0 Å². The van der Waals surface area contributed by atoms with E-state index in [-0.39, 0.29) is 5.91 Å². The maximum Gasteiger partial charge on any atom is 0.248 e. The number of carbonyl (C=O) groups excluding carboxylic acids is 1. The fourth-order valence-corrected chi connectivity index (χ4v) is 3.46. The van der Waals surface area contributed by atoms with Gasteiger partial charge in [0.1, 0.15) is 0 Å². The minimum absolute atomic E-state index is 0.128. The first-order valence-electron chi connectivity index (χ1n) is 5.42. The van der Waals surface area contributed by atoms with Crippen LogP contribution in [0.4, 0.5) is 0 Å². The van der Waals surface area contributed by atoms with Gasteiger partial charge in [-0.2, -0.15) is 0 Å². The first-order valence-corrected chi connectivity index (χ1v) is 6.30. The molecule has 0 aromatic rings. The van der Waals surface area contributed by atoms with Gasteiger partial charge in [-0.3, -0.25) is 4.79 Å². The molecule has 2 aliphatic rings. The summed E-state index contributed by atoms with van der Waals surface area (Å²) in [7, 11) is 0. The predicted molar refractivity (Wildman–Crippen MR) is 60.2 cm³/mol. The Balaban J connectivity index is 1.93. The molecule has 2 nitrogen and oxygen atoms in total. The molecule has 0 saturated heterocycles. The molecule has 2 rings (SSSR count). The van der Waals surface area contributed by atoms with Crippen LogP contribution in [0.2, 0.25) is 0 Å². The van der Waals surface area contributed by atoms with Crippen LogP contribution in [0.1, 0.15) is 39.0 Å². The summed E-state index contributed by atoms with van der Waals surface area (Å²) in [6.07, 6.45) is 6.79. The van der Waals surface area contributed by atoms with Crippen molar-refractivity contribution in [2.75, 3.05) is 6.54 Å². The third-order valence-electron chi connectivity index (χ3n) is 3.03. The SMILES string of the molecule is CC1=C(SC2CCCCC2)CNC1=O. The number of rotatable bonds is 2. The van der Waals surface area contributed by atoms with Crippen molar-refractivity contribution in [3.05, 3.63) is 10.5 Å². The molecule has 1 aliphatic carbocycles. The normalized spacial score (nSPS) is 24.2. The zero-order chi connectivity index (χ0) is 9.97. The molecule has 14 heavy (non-hydrogen) atoms. The van der Waals surface area contributed by atoms with Crippen molar-refractivity contribution in [3.63, 3.8) is 0 Å². The van der Waals surface area contributed by atoms with Crippen LogP contribution in [0.15, 0.2) is 10.5 Å². The van der Waals surface area contributed by atoms with E-state index in [0.29, 0.717) is 0 Å². The van der Waals surface area contributed by atoms with Crippen molar-refractivity contribution in [2.45, 2.75) is 44.3 Å². The Morgan fingerprint density at radius 3 is 2.57 bits per heavy atom. The Hall–Kier alpha value is -0.440.